The second-order valence-corrected chi connectivity index (χ2v) is 22.5. The van der Waals surface area contributed by atoms with Crippen LogP contribution in [0.2, 0.25) is 0 Å². The van der Waals surface area contributed by atoms with Crippen molar-refractivity contribution in [2.75, 3.05) is 39.3 Å². The van der Waals surface area contributed by atoms with Crippen LogP contribution < -0.4 is 0 Å². The lowest BCUT2D eigenvalue weighted by Gasteiger charge is -2.34. The van der Waals surface area contributed by atoms with E-state index in [0.29, 0.717) is 25.0 Å². The minimum Gasteiger partial charge on any atom is -0.478 e. The molecule has 0 aliphatic carbocycles. The van der Waals surface area contributed by atoms with E-state index in [1.165, 1.54) is 33.4 Å². The van der Waals surface area contributed by atoms with Crippen LogP contribution in [0.3, 0.4) is 0 Å². The average molecular weight is 1060 g/mol. The zero-order chi connectivity index (χ0) is 55.9. The molecule has 0 radical (unpaired) electrons. The highest BCUT2D eigenvalue weighted by Gasteiger charge is 2.27. The van der Waals surface area contributed by atoms with Gasteiger partial charge in [-0.2, -0.15) is 0 Å². The summed E-state index contributed by atoms with van der Waals surface area (Å²) < 4.78 is 13.3. The summed E-state index contributed by atoms with van der Waals surface area (Å²) in [4.78, 5) is 49.4. The topological polar surface area (TPSA) is 134 Å². The Labute approximate surface area is 464 Å². The van der Waals surface area contributed by atoms with Crippen LogP contribution in [0.1, 0.15) is 159 Å². The number of benzene rings is 6. The Morgan fingerprint density at radius 3 is 0.962 bits per heavy atom. The number of ketones is 2. The van der Waals surface area contributed by atoms with E-state index in [-0.39, 0.29) is 46.8 Å². The van der Waals surface area contributed by atoms with E-state index in [1.807, 2.05) is 24.3 Å². The van der Waals surface area contributed by atoms with E-state index in [9.17, 15) is 19.2 Å². The van der Waals surface area contributed by atoms with Crippen LogP contribution in [0, 0.1) is 0 Å². The lowest BCUT2D eigenvalue weighted by Crippen LogP contribution is -2.38. The van der Waals surface area contributed by atoms with Gasteiger partial charge in [-0.25, -0.2) is 9.59 Å². The van der Waals surface area contributed by atoms with Crippen molar-refractivity contribution in [2.45, 2.75) is 128 Å². The molecule has 0 saturated carbocycles. The summed E-state index contributed by atoms with van der Waals surface area (Å²) in [5.41, 5.74) is 9.23. The van der Waals surface area contributed by atoms with Gasteiger partial charge in [0.2, 0.25) is 0 Å². The van der Waals surface area contributed by atoms with Gasteiger partial charge < -0.3 is 29.5 Å². The van der Waals surface area contributed by atoms with E-state index in [0.717, 1.165) is 88.9 Å². The maximum absolute atomic E-state index is 12.7. The number of carbonyl (C=O) groups is 4. The molecule has 10 heteroatoms. The molecule has 8 rings (SSSR count). The van der Waals surface area contributed by atoms with Crippen molar-refractivity contribution in [3.63, 3.8) is 0 Å². The fourth-order valence-electron chi connectivity index (χ4n) is 9.80. The van der Waals surface area contributed by atoms with Crippen LogP contribution >= 0.6 is 0 Å². The molecule has 6 aromatic carbocycles. The Morgan fingerprint density at radius 1 is 0.449 bits per heavy atom. The standard InChI is InChI=1S/2C32H39NO2.C4H4O4/c2*1-32(2,3)28-18-16-25(17-19-28)30(34)15-10-22-33-23-20-29(21-24-33)35-31(26-11-6-4-7-12-26)27-13-8-5-9-14-27;5-3(6)1-2-4(7)8/h2*4-9,11-14,16-19,29,31H,10,15,20-24H2,1-3H3;1-2H,(H,5,6)(H,7,8)/b;;2-1+. The number of piperidine rings is 2. The Hall–Kier alpha value is -6.82. The summed E-state index contributed by atoms with van der Waals surface area (Å²) in [6.07, 6.45) is 8.68. The molecule has 0 aromatic heterocycles. The van der Waals surface area contributed by atoms with Crippen molar-refractivity contribution in [3.8, 4) is 0 Å². The average Bonchev–Trinajstić information content (AvgIpc) is 3.45. The molecule has 78 heavy (non-hydrogen) atoms. The summed E-state index contributed by atoms with van der Waals surface area (Å²) >= 11 is 0. The lowest BCUT2D eigenvalue weighted by molar-refractivity contribution is -0.134. The van der Waals surface area contributed by atoms with Crippen LogP contribution in [0.5, 0.6) is 0 Å². The molecule has 412 valence electrons. The number of Topliss-reactive ketones (excluding diaryl/α,β-unsaturated/α-hetero) is 2. The summed E-state index contributed by atoms with van der Waals surface area (Å²) in [6.45, 7) is 19.2. The second-order valence-electron chi connectivity index (χ2n) is 22.5. The number of likely N-dealkylation sites (tertiary alicyclic amines) is 2. The number of carboxylic acids is 2. The van der Waals surface area contributed by atoms with Gasteiger partial charge in [0.05, 0.1) is 12.2 Å². The highest BCUT2D eigenvalue weighted by molar-refractivity contribution is 5.96. The molecular formula is C68H82N2O8. The number of hydrogen-bond acceptors (Lipinski definition) is 8. The molecular weight excluding hydrogens is 973 g/mol. The van der Waals surface area contributed by atoms with Crippen molar-refractivity contribution in [3.05, 3.63) is 227 Å². The highest BCUT2D eigenvalue weighted by Crippen LogP contribution is 2.32. The zero-order valence-corrected chi connectivity index (χ0v) is 46.8. The maximum Gasteiger partial charge on any atom is 0.328 e. The molecule has 0 bridgehead atoms. The van der Waals surface area contributed by atoms with Crippen molar-refractivity contribution < 1.29 is 38.9 Å². The monoisotopic (exact) mass is 1050 g/mol. The molecule has 2 aliphatic heterocycles. The third-order valence-corrected chi connectivity index (χ3v) is 14.4. The summed E-state index contributed by atoms with van der Waals surface area (Å²) in [5.74, 6) is -2.02. The van der Waals surface area contributed by atoms with E-state index < -0.39 is 11.9 Å². The van der Waals surface area contributed by atoms with Gasteiger partial charge in [-0.1, -0.05) is 211 Å². The molecule has 2 saturated heterocycles. The lowest BCUT2D eigenvalue weighted by atomic mass is 9.86. The third kappa shape index (κ3) is 20.2. The molecule has 2 fully saturated rings. The van der Waals surface area contributed by atoms with Crippen LogP contribution in [-0.4, -0.2) is 95.0 Å². The van der Waals surface area contributed by atoms with E-state index in [2.05, 4.69) is 197 Å². The molecule has 0 amide bonds. The summed E-state index contributed by atoms with van der Waals surface area (Å²) in [6, 6.07) is 58.4. The molecule has 2 heterocycles. The van der Waals surface area contributed by atoms with Crippen LogP contribution in [0.15, 0.2) is 182 Å². The molecule has 0 atom stereocenters. The Morgan fingerprint density at radius 2 is 0.718 bits per heavy atom. The van der Waals surface area contributed by atoms with Gasteiger partial charge in [-0.15, -0.1) is 0 Å². The normalized spacial score (nSPS) is 14.8. The smallest absolute Gasteiger partial charge is 0.328 e. The molecule has 0 spiro atoms. The fraction of sp³-hybridized carbons (Fsp3) is 0.382. The Bertz CT molecular complexity index is 2480. The SMILES string of the molecule is CC(C)(C)c1ccc(C(=O)CCCN2CCC(OC(c3ccccc3)c3ccccc3)CC2)cc1.CC(C)(C)c1ccc(C(=O)CCCN2CCC(OC(c3ccccc3)c3ccccc3)CC2)cc1.O=C(O)/C=C/C(=O)O. The first-order valence-corrected chi connectivity index (χ1v) is 27.8. The van der Waals surface area contributed by atoms with Crippen molar-refractivity contribution in [1.82, 2.24) is 9.80 Å². The maximum atomic E-state index is 12.7. The predicted molar refractivity (Wildman–Crippen MR) is 312 cm³/mol. The number of hydrogen-bond donors (Lipinski definition) is 2. The van der Waals surface area contributed by atoms with Gasteiger partial charge in [0.25, 0.3) is 0 Å². The van der Waals surface area contributed by atoms with Crippen molar-refractivity contribution in [2.24, 2.45) is 0 Å². The first-order chi connectivity index (χ1) is 37.4. The van der Waals surface area contributed by atoms with E-state index in [1.54, 1.807) is 0 Å². The first kappa shape index (κ1) is 60.4. The van der Waals surface area contributed by atoms with Gasteiger partial charge in [0.15, 0.2) is 11.6 Å². The molecule has 2 N–H and O–H groups in total. The third-order valence-electron chi connectivity index (χ3n) is 14.4. The fourth-order valence-corrected chi connectivity index (χ4v) is 9.80. The van der Waals surface area contributed by atoms with Gasteiger partial charge in [0.1, 0.15) is 12.2 Å². The molecule has 0 unspecified atom stereocenters. The van der Waals surface area contributed by atoms with Crippen molar-refractivity contribution >= 4 is 23.5 Å². The Kier molecular flexibility index (Phi) is 23.5. The van der Waals surface area contributed by atoms with E-state index in [4.69, 9.17) is 19.7 Å². The number of ether oxygens (including phenoxy) is 2. The summed E-state index contributed by atoms with van der Waals surface area (Å²) in [5, 5.41) is 15.6. The van der Waals surface area contributed by atoms with E-state index >= 15 is 0 Å². The quantitative estimate of drug-likeness (QED) is 0.0562. The molecule has 6 aromatic rings. The Balaban J connectivity index is 0.000000221. The number of carbonyl (C=O) groups excluding carboxylic acids is 2. The van der Waals surface area contributed by atoms with Gasteiger partial charge in [-0.05, 0) is 95.8 Å². The number of rotatable bonds is 20. The van der Waals surface area contributed by atoms with Crippen LogP contribution in [-0.2, 0) is 29.9 Å². The molecule has 10 nitrogen and oxygen atoms in total. The second kappa shape index (κ2) is 30.4. The molecule has 2 aliphatic rings. The van der Waals surface area contributed by atoms with Crippen LogP contribution in [0.4, 0.5) is 0 Å². The minimum absolute atomic E-state index is 0.0313. The number of aliphatic carboxylic acids is 2. The largest absolute Gasteiger partial charge is 0.478 e. The van der Waals surface area contributed by atoms with Crippen LogP contribution in [0.25, 0.3) is 0 Å². The first-order valence-electron chi connectivity index (χ1n) is 27.8. The van der Waals surface area contributed by atoms with Gasteiger partial charge in [-0.3, -0.25) is 9.59 Å². The minimum atomic E-state index is -1.26. The predicted octanol–water partition coefficient (Wildman–Crippen LogP) is 14.1. The van der Waals surface area contributed by atoms with Gasteiger partial charge in [0, 0.05) is 62.3 Å². The van der Waals surface area contributed by atoms with Crippen molar-refractivity contribution in [1.29, 1.82) is 0 Å². The zero-order valence-electron chi connectivity index (χ0n) is 46.8. The number of carboxylic acid groups (broad SMARTS) is 2. The number of nitrogens with zero attached hydrogens (tertiary/aromatic N) is 2. The summed E-state index contributed by atoms with van der Waals surface area (Å²) in [7, 11) is 0. The van der Waals surface area contributed by atoms with Gasteiger partial charge >= 0.3 is 11.9 Å². The highest BCUT2D eigenvalue weighted by atomic mass is 16.5.